The van der Waals surface area contributed by atoms with E-state index in [0.29, 0.717) is 12.1 Å². The van der Waals surface area contributed by atoms with Gasteiger partial charge < -0.3 is 10.6 Å². The summed E-state index contributed by atoms with van der Waals surface area (Å²) in [4.78, 5) is 4.78. The van der Waals surface area contributed by atoms with Crippen molar-refractivity contribution in [1.82, 2.24) is 4.90 Å². The third-order valence-electron chi connectivity index (χ3n) is 3.92. The maximum absolute atomic E-state index is 9.01. The molecule has 1 aliphatic heterocycles. The lowest BCUT2D eigenvalue weighted by atomic mass is 10.0. The third kappa shape index (κ3) is 3.06. The van der Waals surface area contributed by atoms with Crippen molar-refractivity contribution in [1.29, 1.82) is 5.26 Å². The molecule has 2 rings (SSSR count). The van der Waals surface area contributed by atoms with Gasteiger partial charge in [0.25, 0.3) is 0 Å². The number of nitrogens with zero attached hydrogens (tertiary/aromatic N) is 3. The Hall–Kier alpha value is -1.57. The van der Waals surface area contributed by atoms with Crippen LogP contribution in [-0.2, 0) is 0 Å². The SMILES string of the molecule is CC1CN(C)C(CCN)CN1c1cccc(C#N)c1. The van der Waals surface area contributed by atoms with Crippen molar-refractivity contribution < 1.29 is 0 Å². The average Bonchev–Trinajstić information content (AvgIpc) is 2.42. The number of rotatable bonds is 3. The lowest BCUT2D eigenvalue weighted by Gasteiger charge is -2.45. The summed E-state index contributed by atoms with van der Waals surface area (Å²) in [5.41, 5.74) is 7.56. The summed E-state index contributed by atoms with van der Waals surface area (Å²) in [6.07, 6.45) is 1.01. The van der Waals surface area contributed by atoms with E-state index in [-0.39, 0.29) is 0 Å². The van der Waals surface area contributed by atoms with Gasteiger partial charge in [-0.1, -0.05) is 6.07 Å². The summed E-state index contributed by atoms with van der Waals surface area (Å²) in [5, 5.41) is 9.01. The van der Waals surface area contributed by atoms with Crippen molar-refractivity contribution >= 4 is 5.69 Å². The Bertz CT molecular complexity index is 465. The van der Waals surface area contributed by atoms with E-state index in [9.17, 15) is 0 Å². The Kier molecular flexibility index (Phi) is 4.41. The lowest BCUT2D eigenvalue weighted by Crippen LogP contribution is -2.56. The second kappa shape index (κ2) is 6.05. The summed E-state index contributed by atoms with van der Waals surface area (Å²) in [6.45, 7) is 4.95. The highest BCUT2D eigenvalue weighted by Crippen LogP contribution is 2.24. The second-order valence-electron chi connectivity index (χ2n) is 5.33. The summed E-state index contributed by atoms with van der Waals surface area (Å²) in [6, 6.07) is 11.0. The highest BCUT2D eigenvalue weighted by molar-refractivity contribution is 5.52. The number of piperazine rings is 1. The van der Waals surface area contributed by atoms with Gasteiger partial charge >= 0.3 is 0 Å². The van der Waals surface area contributed by atoms with E-state index in [1.54, 1.807) is 0 Å². The van der Waals surface area contributed by atoms with Gasteiger partial charge in [-0.15, -0.1) is 0 Å². The van der Waals surface area contributed by atoms with Crippen molar-refractivity contribution in [3.05, 3.63) is 29.8 Å². The zero-order chi connectivity index (χ0) is 13.8. The van der Waals surface area contributed by atoms with Crippen LogP contribution < -0.4 is 10.6 Å². The molecule has 1 saturated heterocycles. The maximum atomic E-state index is 9.01. The van der Waals surface area contributed by atoms with E-state index in [2.05, 4.69) is 35.9 Å². The van der Waals surface area contributed by atoms with Crippen molar-refractivity contribution in [3.63, 3.8) is 0 Å². The van der Waals surface area contributed by atoms with Gasteiger partial charge in [-0.05, 0) is 45.1 Å². The van der Waals surface area contributed by atoms with Crippen LogP contribution in [0.3, 0.4) is 0 Å². The number of anilines is 1. The standard InChI is InChI=1S/C15H22N4/c1-12-10-18(2)15(6-7-16)11-19(12)14-5-3-4-13(8-14)9-17/h3-5,8,12,15H,6-7,10-11,16H2,1-2H3. The number of hydrogen-bond donors (Lipinski definition) is 1. The molecule has 0 radical (unpaired) electrons. The number of benzene rings is 1. The average molecular weight is 258 g/mol. The molecule has 102 valence electrons. The van der Waals surface area contributed by atoms with Gasteiger partial charge in [0.2, 0.25) is 0 Å². The van der Waals surface area contributed by atoms with Crippen LogP contribution in [0.5, 0.6) is 0 Å². The highest BCUT2D eigenvalue weighted by Gasteiger charge is 2.28. The molecular formula is C15H22N4. The van der Waals surface area contributed by atoms with Crippen LogP contribution in [0.2, 0.25) is 0 Å². The minimum Gasteiger partial charge on any atom is -0.366 e. The number of nitriles is 1. The first-order chi connectivity index (χ1) is 9.15. The summed E-state index contributed by atoms with van der Waals surface area (Å²) in [7, 11) is 2.17. The first-order valence-electron chi connectivity index (χ1n) is 6.82. The van der Waals surface area contributed by atoms with Crippen molar-refractivity contribution in [3.8, 4) is 6.07 Å². The summed E-state index contributed by atoms with van der Waals surface area (Å²) >= 11 is 0. The van der Waals surface area contributed by atoms with E-state index in [1.807, 2.05) is 18.2 Å². The molecule has 4 nitrogen and oxygen atoms in total. The molecule has 0 aliphatic carbocycles. The minimum absolute atomic E-state index is 0.452. The Labute approximate surface area is 115 Å². The topological polar surface area (TPSA) is 56.3 Å². The van der Waals surface area contributed by atoms with E-state index in [0.717, 1.165) is 37.3 Å². The predicted octanol–water partition coefficient (Wildman–Crippen LogP) is 1.42. The molecule has 4 heteroatoms. The van der Waals surface area contributed by atoms with Crippen LogP contribution in [0, 0.1) is 11.3 Å². The molecule has 2 atom stereocenters. The van der Waals surface area contributed by atoms with Gasteiger partial charge in [-0.3, -0.25) is 4.90 Å². The molecule has 19 heavy (non-hydrogen) atoms. The van der Waals surface area contributed by atoms with Gasteiger partial charge in [0.05, 0.1) is 11.6 Å². The van der Waals surface area contributed by atoms with Crippen LogP contribution in [0.25, 0.3) is 0 Å². The second-order valence-corrected chi connectivity index (χ2v) is 5.33. The van der Waals surface area contributed by atoms with Crippen LogP contribution in [-0.4, -0.2) is 43.7 Å². The molecular weight excluding hydrogens is 236 g/mol. The molecule has 1 aromatic carbocycles. The molecule has 1 fully saturated rings. The van der Waals surface area contributed by atoms with Gasteiger partial charge in [0.1, 0.15) is 0 Å². The van der Waals surface area contributed by atoms with Gasteiger partial charge in [-0.25, -0.2) is 0 Å². The first kappa shape index (κ1) is 13.9. The molecule has 0 amide bonds. The smallest absolute Gasteiger partial charge is 0.0992 e. The Morgan fingerprint density at radius 1 is 1.42 bits per heavy atom. The van der Waals surface area contributed by atoms with Gasteiger partial charge in [0, 0.05) is 30.9 Å². The predicted molar refractivity (Wildman–Crippen MR) is 78.1 cm³/mol. The summed E-state index contributed by atoms with van der Waals surface area (Å²) in [5.74, 6) is 0. The zero-order valence-electron chi connectivity index (χ0n) is 11.7. The molecule has 0 bridgehead atoms. The normalized spacial score (nSPS) is 24.2. The van der Waals surface area contributed by atoms with Crippen LogP contribution in [0.1, 0.15) is 18.9 Å². The minimum atomic E-state index is 0.452. The van der Waals surface area contributed by atoms with E-state index < -0.39 is 0 Å². The molecule has 0 saturated carbocycles. The fourth-order valence-electron chi connectivity index (χ4n) is 2.83. The first-order valence-corrected chi connectivity index (χ1v) is 6.82. The number of hydrogen-bond acceptors (Lipinski definition) is 4. The fraction of sp³-hybridized carbons (Fsp3) is 0.533. The fourth-order valence-corrected chi connectivity index (χ4v) is 2.83. The van der Waals surface area contributed by atoms with E-state index >= 15 is 0 Å². The monoisotopic (exact) mass is 258 g/mol. The van der Waals surface area contributed by atoms with Crippen molar-refractivity contribution in [2.24, 2.45) is 5.73 Å². The van der Waals surface area contributed by atoms with E-state index in [4.69, 9.17) is 11.0 Å². The molecule has 2 N–H and O–H groups in total. The highest BCUT2D eigenvalue weighted by atomic mass is 15.3. The van der Waals surface area contributed by atoms with Crippen molar-refractivity contribution in [2.45, 2.75) is 25.4 Å². The third-order valence-corrected chi connectivity index (χ3v) is 3.92. The molecule has 2 unspecified atom stereocenters. The van der Waals surface area contributed by atoms with E-state index in [1.165, 1.54) is 0 Å². The Morgan fingerprint density at radius 3 is 2.89 bits per heavy atom. The van der Waals surface area contributed by atoms with Crippen molar-refractivity contribution in [2.75, 3.05) is 31.6 Å². The van der Waals surface area contributed by atoms with Gasteiger partial charge in [0.15, 0.2) is 0 Å². The molecule has 1 aliphatic rings. The lowest BCUT2D eigenvalue weighted by molar-refractivity contribution is 0.185. The number of nitrogens with two attached hydrogens (primary N) is 1. The molecule has 0 spiro atoms. The molecule has 0 aromatic heterocycles. The molecule has 1 heterocycles. The summed E-state index contributed by atoms with van der Waals surface area (Å²) < 4.78 is 0. The maximum Gasteiger partial charge on any atom is 0.0992 e. The number of likely N-dealkylation sites (N-methyl/N-ethyl adjacent to an activating group) is 1. The van der Waals surface area contributed by atoms with Gasteiger partial charge in [-0.2, -0.15) is 5.26 Å². The largest absolute Gasteiger partial charge is 0.366 e. The molecule has 1 aromatic rings. The van der Waals surface area contributed by atoms with Crippen LogP contribution >= 0.6 is 0 Å². The Balaban J connectivity index is 2.20. The quantitative estimate of drug-likeness (QED) is 0.891. The van der Waals surface area contributed by atoms with Crippen LogP contribution in [0.15, 0.2) is 24.3 Å². The zero-order valence-corrected chi connectivity index (χ0v) is 11.7. The Morgan fingerprint density at radius 2 is 2.21 bits per heavy atom. The van der Waals surface area contributed by atoms with Crippen LogP contribution in [0.4, 0.5) is 5.69 Å².